The number of nitrogens with zero attached hydrogens (tertiary/aromatic N) is 2. The van der Waals surface area contributed by atoms with E-state index in [1.165, 1.54) is 11.0 Å². The summed E-state index contributed by atoms with van der Waals surface area (Å²) in [4.78, 5) is 54.6. The van der Waals surface area contributed by atoms with E-state index >= 15 is 0 Å². The average Bonchev–Trinajstić information content (AvgIpc) is 3.12. The second-order valence-electron chi connectivity index (χ2n) is 9.54. The summed E-state index contributed by atoms with van der Waals surface area (Å²) < 4.78 is 11.6. The molecule has 0 aromatic heterocycles. The first-order valence-corrected chi connectivity index (χ1v) is 12.0. The molecule has 1 unspecified atom stereocenters. The van der Waals surface area contributed by atoms with Crippen molar-refractivity contribution in [1.29, 1.82) is 0 Å². The van der Waals surface area contributed by atoms with E-state index in [9.17, 15) is 19.2 Å². The molecule has 0 aliphatic carbocycles. The van der Waals surface area contributed by atoms with E-state index in [0.717, 1.165) is 0 Å². The van der Waals surface area contributed by atoms with Gasteiger partial charge < -0.3 is 14.4 Å². The Morgan fingerprint density at radius 2 is 1.71 bits per heavy atom. The van der Waals surface area contributed by atoms with Crippen molar-refractivity contribution < 1.29 is 28.7 Å². The number of piperidine rings is 1. The maximum Gasteiger partial charge on any atom is 0.261 e. The number of Topliss-reactive ketones (excluding diaryl/α,β-unsaturated/α-hetero) is 1. The largest absolute Gasteiger partial charge is 0.497 e. The maximum absolute atomic E-state index is 13.3. The second kappa shape index (κ2) is 8.52. The first kappa shape index (κ1) is 23.1. The van der Waals surface area contributed by atoms with Crippen molar-refractivity contribution in [2.24, 2.45) is 0 Å². The number of fused-ring (bicyclic) bond motifs is 2. The van der Waals surface area contributed by atoms with Gasteiger partial charge in [0.15, 0.2) is 5.78 Å². The Hall–Kier alpha value is -3.68. The Kier molecular flexibility index (Phi) is 5.62. The highest BCUT2D eigenvalue weighted by Crippen LogP contribution is 2.41. The molecule has 8 nitrogen and oxygen atoms in total. The van der Waals surface area contributed by atoms with Crippen molar-refractivity contribution in [2.45, 2.75) is 51.2 Å². The first-order valence-electron chi connectivity index (χ1n) is 12.0. The lowest BCUT2D eigenvalue weighted by Gasteiger charge is -2.44. The number of imide groups is 1. The molecule has 0 saturated carbocycles. The molecule has 2 aromatic rings. The summed E-state index contributed by atoms with van der Waals surface area (Å²) in [6, 6.07) is 9.72. The Labute approximate surface area is 203 Å². The highest BCUT2D eigenvalue weighted by molar-refractivity contribution is 6.22. The molecule has 35 heavy (non-hydrogen) atoms. The summed E-state index contributed by atoms with van der Waals surface area (Å²) in [5.41, 5.74) is 0.903. The van der Waals surface area contributed by atoms with Crippen molar-refractivity contribution in [2.75, 3.05) is 20.2 Å². The van der Waals surface area contributed by atoms with Gasteiger partial charge in [0.1, 0.15) is 17.1 Å². The van der Waals surface area contributed by atoms with E-state index in [-0.39, 0.29) is 41.5 Å². The van der Waals surface area contributed by atoms with Crippen molar-refractivity contribution >= 4 is 23.5 Å². The topological polar surface area (TPSA) is 93.2 Å². The summed E-state index contributed by atoms with van der Waals surface area (Å²) in [6.07, 6.45) is 1.97. The zero-order chi connectivity index (χ0) is 24.9. The molecule has 182 valence electrons. The van der Waals surface area contributed by atoms with Crippen molar-refractivity contribution in [1.82, 2.24) is 9.80 Å². The standard InChI is InChI=1S/C27H28N2O6/c1-4-16(2)29-25(32)19-7-5-17(13-21(19)26(29)33)24(31)28-11-9-27(10-12-28)15-22(30)20-8-6-18(34-3)14-23(20)35-27/h5-8,13-14,16H,4,9-12,15H2,1-3H3. The van der Waals surface area contributed by atoms with Gasteiger partial charge in [-0.3, -0.25) is 24.1 Å². The lowest BCUT2D eigenvalue weighted by molar-refractivity contribution is -0.00583. The number of hydrogen-bond donors (Lipinski definition) is 0. The van der Waals surface area contributed by atoms with E-state index in [0.29, 0.717) is 60.5 Å². The van der Waals surface area contributed by atoms with Gasteiger partial charge in [-0.15, -0.1) is 0 Å². The minimum absolute atomic E-state index is 0.0290. The Balaban J connectivity index is 1.31. The molecule has 0 N–H and O–H groups in total. The second-order valence-corrected chi connectivity index (χ2v) is 9.54. The van der Waals surface area contributed by atoms with E-state index in [2.05, 4.69) is 0 Å². The van der Waals surface area contributed by atoms with Gasteiger partial charge in [0.05, 0.1) is 30.2 Å². The molecule has 0 radical (unpaired) electrons. The minimum atomic E-state index is -0.648. The van der Waals surface area contributed by atoms with E-state index in [1.807, 2.05) is 13.8 Å². The molecule has 1 atom stereocenters. The quantitative estimate of drug-likeness (QED) is 0.625. The molecule has 1 spiro atoms. The molecule has 3 aliphatic heterocycles. The molecular formula is C27H28N2O6. The Bertz CT molecular complexity index is 1240. The molecule has 5 rings (SSSR count). The summed E-state index contributed by atoms with van der Waals surface area (Å²) in [5, 5.41) is 0. The van der Waals surface area contributed by atoms with Crippen LogP contribution in [0.2, 0.25) is 0 Å². The van der Waals surface area contributed by atoms with Crippen LogP contribution in [0, 0.1) is 0 Å². The van der Waals surface area contributed by atoms with Gasteiger partial charge in [0.25, 0.3) is 17.7 Å². The third-order valence-corrected chi connectivity index (χ3v) is 7.46. The van der Waals surface area contributed by atoms with Gasteiger partial charge in [-0.25, -0.2) is 0 Å². The van der Waals surface area contributed by atoms with Crippen LogP contribution in [-0.4, -0.2) is 65.1 Å². The van der Waals surface area contributed by atoms with Gasteiger partial charge in [-0.05, 0) is 43.7 Å². The monoisotopic (exact) mass is 476 g/mol. The smallest absolute Gasteiger partial charge is 0.261 e. The summed E-state index contributed by atoms with van der Waals surface area (Å²) in [5.74, 6) is 0.310. The molecule has 1 fully saturated rings. The third kappa shape index (κ3) is 3.77. The SMILES string of the molecule is CCC(C)N1C(=O)c2ccc(C(=O)N3CCC4(CC3)CC(=O)c3ccc(OC)cc3O4)cc2C1=O. The minimum Gasteiger partial charge on any atom is -0.497 e. The third-order valence-electron chi connectivity index (χ3n) is 7.46. The van der Waals surface area contributed by atoms with E-state index in [1.54, 1.807) is 42.3 Å². The number of hydrogen-bond acceptors (Lipinski definition) is 6. The number of ketones is 1. The number of carbonyl (C=O) groups excluding carboxylic acids is 4. The molecular weight excluding hydrogens is 448 g/mol. The van der Waals surface area contributed by atoms with Gasteiger partial charge in [-0.1, -0.05) is 6.92 Å². The fourth-order valence-corrected chi connectivity index (χ4v) is 5.16. The van der Waals surface area contributed by atoms with Gasteiger partial charge >= 0.3 is 0 Å². The lowest BCUT2D eigenvalue weighted by Crippen LogP contribution is -2.52. The van der Waals surface area contributed by atoms with Crippen LogP contribution in [0.4, 0.5) is 0 Å². The predicted octanol–water partition coefficient (Wildman–Crippen LogP) is 3.73. The lowest BCUT2D eigenvalue weighted by atomic mass is 9.82. The molecule has 3 heterocycles. The number of ether oxygens (including phenoxy) is 2. The summed E-state index contributed by atoms with van der Waals surface area (Å²) in [7, 11) is 1.57. The molecule has 3 aliphatic rings. The van der Waals surface area contributed by atoms with Crippen LogP contribution in [0.15, 0.2) is 36.4 Å². The van der Waals surface area contributed by atoms with Crippen LogP contribution in [0.1, 0.15) is 81.0 Å². The Morgan fingerprint density at radius 3 is 2.40 bits per heavy atom. The van der Waals surface area contributed by atoms with Crippen LogP contribution in [0.3, 0.4) is 0 Å². The van der Waals surface area contributed by atoms with Crippen LogP contribution >= 0.6 is 0 Å². The number of benzene rings is 2. The number of methoxy groups -OCH3 is 1. The number of likely N-dealkylation sites (tertiary alicyclic amines) is 1. The van der Waals surface area contributed by atoms with Crippen molar-refractivity contribution in [3.63, 3.8) is 0 Å². The summed E-state index contributed by atoms with van der Waals surface area (Å²) >= 11 is 0. The van der Waals surface area contributed by atoms with Crippen LogP contribution in [-0.2, 0) is 0 Å². The zero-order valence-corrected chi connectivity index (χ0v) is 20.1. The normalized spacial score (nSPS) is 19.3. The van der Waals surface area contributed by atoms with Gasteiger partial charge in [-0.2, -0.15) is 0 Å². The maximum atomic E-state index is 13.3. The van der Waals surface area contributed by atoms with Gasteiger partial charge in [0.2, 0.25) is 0 Å². The van der Waals surface area contributed by atoms with Crippen LogP contribution in [0.25, 0.3) is 0 Å². The van der Waals surface area contributed by atoms with E-state index in [4.69, 9.17) is 9.47 Å². The van der Waals surface area contributed by atoms with Crippen molar-refractivity contribution in [3.8, 4) is 11.5 Å². The molecule has 0 bridgehead atoms. The van der Waals surface area contributed by atoms with E-state index < -0.39 is 5.60 Å². The zero-order valence-electron chi connectivity index (χ0n) is 20.1. The molecule has 3 amide bonds. The Morgan fingerprint density at radius 1 is 1.03 bits per heavy atom. The predicted molar refractivity (Wildman–Crippen MR) is 127 cm³/mol. The molecule has 1 saturated heterocycles. The summed E-state index contributed by atoms with van der Waals surface area (Å²) in [6.45, 7) is 4.61. The molecule has 2 aromatic carbocycles. The highest BCUT2D eigenvalue weighted by Gasteiger charge is 2.44. The number of carbonyl (C=O) groups is 4. The van der Waals surface area contributed by atoms with Crippen molar-refractivity contribution in [3.05, 3.63) is 58.7 Å². The van der Waals surface area contributed by atoms with Gasteiger partial charge in [0, 0.05) is 43.6 Å². The fraction of sp³-hybridized carbons (Fsp3) is 0.407. The average molecular weight is 477 g/mol. The number of amides is 3. The highest BCUT2D eigenvalue weighted by atomic mass is 16.5. The van der Waals surface area contributed by atoms with Crippen LogP contribution < -0.4 is 9.47 Å². The van der Waals surface area contributed by atoms with Crippen LogP contribution in [0.5, 0.6) is 11.5 Å². The molecule has 8 heteroatoms. The number of rotatable bonds is 4. The fourth-order valence-electron chi connectivity index (χ4n) is 5.16. The first-order chi connectivity index (χ1) is 16.8.